The van der Waals surface area contributed by atoms with Gasteiger partial charge < -0.3 is 9.80 Å². The Hall–Kier alpha value is -1.44. The van der Waals surface area contributed by atoms with Gasteiger partial charge in [-0.15, -0.1) is 0 Å². The molecular formula is C16H25N3O3S. The molecule has 0 spiro atoms. The van der Waals surface area contributed by atoms with Crippen molar-refractivity contribution in [1.82, 2.24) is 9.80 Å². The maximum Gasteiger partial charge on any atom is 0.254 e. The maximum atomic E-state index is 12.9. The summed E-state index contributed by atoms with van der Waals surface area (Å²) in [5.74, 6) is -0.127. The number of piperazine rings is 1. The van der Waals surface area contributed by atoms with Crippen molar-refractivity contribution in [3.8, 4) is 0 Å². The molecule has 0 radical (unpaired) electrons. The van der Waals surface area contributed by atoms with E-state index in [1.54, 1.807) is 19.9 Å². The van der Waals surface area contributed by atoms with Crippen LogP contribution < -0.4 is 5.14 Å². The highest BCUT2D eigenvalue weighted by Crippen LogP contribution is 2.23. The van der Waals surface area contributed by atoms with Gasteiger partial charge >= 0.3 is 0 Å². The molecule has 1 aromatic rings. The number of likely N-dealkylation sites (N-methyl/N-ethyl adjacent to an activating group) is 1. The van der Waals surface area contributed by atoms with Gasteiger partial charge in [0.05, 0.1) is 4.90 Å². The Bertz CT molecular complexity index is 716. The molecule has 23 heavy (non-hydrogen) atoms. The number of hydrogen-bond acceptors (Lipinski definition) is 4. The number of aryl methyl sites for hydroxylation is 1. The van der Waals surface area contributed by atoms with Gasteiger partial charge in [0.1, 0.15) is 0 Å². The van der Waals surface area contributed by atoms with E-state index in [4.69, 9.17) is 5.14 Å². The van der Waals surface area contributed by atoms with E-state index in [0.29, 0.717) is 17.7 Å². The summed E-state index contributed by atoms with van der Waals surface area (Å²) < 4.78 is 23.5. The number of hydrogen-bond donors (Lipinski definition) is 1. The average Bonchev–Trinajstić information content (AvgIpc) is 2.47. The molecule has 1 atom stereocenters. The fourth-order valence-electron chi connectivity index (χ4n) is 3.04. The van der Waals surface area contributed by atoms with Crippen LogP contribution in [-0.2, 0) is 10.0 Å². The highest BCUT2D eigenvalue weighted by atomic mass is 32.2. The van der Waals surface area contributed by atoms with Crippen molar-refractivity contribution < 1.29 is 13.2 Å². The Morgan fingerprint density at radius 3 is 2.52 bits per heavy atom. The second-order valence-corrected chi connectivity index (χ2v) is 7.81. The predicted octanol–water partition coefficient (Wildman–Crippen LogP) is 1.12. The van der Waals surface area contributed by atoms with Crippen molar-refractivity contribution in [2.75, 3.05) is 26.7 Å². The summed E-state index contributed by atoms with van der Waals surface area (Å²) in [7, 11) is -1.81. The third kappa shape index (κ3) is 3.73. The Labute approximate surface area is 138 Å². The molecule has 0 saturated carbocycles. The van der Waals surface area contributed by atoms with Gasteiger partial charge in [0.15, 0.2) is 0 Å². The second kappa shape index (κ2) is 6.59. The number of primary sulfonamides is 1. The first kappa shape index (κ1) is 17.9. The van der Waals surface area contributed by atoms with Gasteiger partial charge in [0.25, 0.3) is 5.91 Å². The Morgan fingerprint density at radius 2 is 1.96 bits per heavy atom. The molecule has 0 aliphatic carbocycles. The van der Waals surface area contributed by atoms with Crippen molar-refractivity contribution in [2.24, 2.45) is 5.14 Å². The van der Waals surface area contributed by atoms with Crippen molar-refractivity contribution in [3.05, 3.63) is 28.8 Å². The SMILES string of the molecule is CCC1CN(C)CCN1C(=O)c1cc(C)c(C)c(S(N)(=O)=O)c1. The molecule has 2 rings (SSSR count). The van der Waals surface area contributed by atoms with E-state index in [0.717, 1.165) is 25.1 Å². The summed E-state index contributed by atoms with van der Waals surface area (Å²) in [4.78, 5) is 17.0. The van der Waals surface area contributed by atoms with Crippen LogP contribution in [0.25, 0.3) is 0 Å². The molecule has 0 bridgehead atoms. The highest BCUT2D eigenvalue weighted by molar-refractivity contribution is 7.89. The zero-order valence-electron chi connectivity index (χ0n) is 14.2. The number of rotatable bonds is 3. The van der Waals surface area contributed by atoms with Crippen molar-refractivity contribution >= 4 is 15.9 Å². The Kier molecular flexibility index (Phi) is 5.13. The van der Waals surface area contributed by atoms with Crippen LogP contribution in [0.4, 0.5) is 0 Å². The van der Waals surface area contributed by atoms with Crippen LogP contribution in [0, 0.1) is 13.8 Å². The molecule has 1 heterocycles. The molecule has 1 saturated heterocycles. The lowest BCUT2D eigenvalue weighted by Crippen LogP contribution is -2.53. The van der Waals surface area contributed by atoms with Gasteiger partial charge in [-0.3, -0.25) is 4.79 Å². The number of nitrogens with two attached hydrogens (primary N) is 1. The van der Waals surface area contributed by atoms with E-state index in [-0.39, 0.29) is 16.8 Å². The van der Waals surface area contributed by atoms with Gasteiger partial charge in [-0.25, -0.2) is 13.6 Å². The van der Waals surface area contributed by atoms with Gasteiger partial charge in [-0.2, -0.15) is 0 Å². The van der Waals surface area contributed by atoms with Crippen LogP contribution in [0.15, 0.2) is 17.0 Å². The fourth-order valence-corrected chi connectivity index (χ4v) is 3.92. The number of benzene rings is 1. The van der Waals surface area contributed by atoms with Gasteiger partial charge in [-0.05, 0) is 50.6 Å². The zero-order valence-corrected chi connectivity index (χ0v) is 15.0. The topological polar surface area (TPSA) is 83.7 Å². The number of carbonyl (C=O) groups is 1. The molecule has 128 valence electrons. The van der Waals surface area contributed by atoms with E-state index in [9.17, 15) is 13.2 Å². The lowest BCUT2D eigenvalue weighted by atomic mass is 10.0. The molecule has 1 amide bonds. The number of amides is 1. The molecule has 2 N–H and O–H groups in total. The zero-order chi connectivity index (χ0) is 17.4. The van der Waals surface area contributed by atoms with Crippen LogP contribution in [-0.4, -0.2) is 56.8 Å². The summed E-state index contributed by atoms with van der Waals surface area (Å²) in [5.41, 5.74) is 1.73. The Balaban J connectivity index is 2.42. The lowest BCUT2D eigenvalue weighted by Gasteiger charge is -2.39. The number of sulfonamides is 1. The second-order valence-electron chi connectivity index (χ2n) is 6.28. The third-order valence-corrected chi connectivity index (χ3v) is 5.63. The normalized spacial score (nSPS) is 19.9. The minimum atomic E-state index is -3.85. The first-order chi connectivity index (χ1) is 10.6. The molecule has 7 heteroatoms. The standard InChI is InChI=1S/C16H25N3O3S/c1-5-14-10-18(4)6-7-19(14)16(20)13-8-11(2)12(3)15(9-13)23(17,21)22/h8-9,14H,5-7,10H2,1-4H3,(H2,17,21,22). The van der Waals surface area contributed by atoms with Gasteiger partial charge in [0, 0.05) is 31.2 Å². The quantitative estimate of drug-likeness (QED) is 0.894. The van der Waals surface area contributed by atoms with E-state index >= 15 is 0 Å². The minimum Gasteiger partial charge on any atom is -0.333 e. The van der Waals surface area contributed by atoms with Crippen LogP contribution >= 0.6 is 0 Å². The smallest absolute Gasteiger partial charge is 0.254 e. The monoisotopic (exact) mass is 339 g/mol. The summed E-state index contributed by atoms with van der Waals surface area (Å²) in [6.07, 6.45) is 0.864. The molecular weight excluding hydrogens is 314 g/mol. The molecule has 6 nitrogen and oxygen atoms in total. The third-order valence-electron chi connectivity index (χ3n) is 4.59. The maximum absolute atomic E-state index is 12.9. The minimum absolute atomic E-state index is 0.0306. The molecule has 1 aliphatic rings. The van der Waals surface area contributed by atoms with Crippen LogP contribution in [0.1, 0.15) is 34.8 Å². The molecule has 1 unspecified atom stereocenters. The molecule has 1 aliphatic heterocycles. The summed E-state index contributed by atoms with van der Waals surface area (Å²) >= 11 is 0. The van der Waals surface area contributed by atoms with Crippen LogP contribution in [0.5, 0.6) is 0 Å². The molecule has 1 fully saturated rings. The molecule has 1 aromatic carbocycles. The number of carbonyl (C=O) groups excluding carboxylic acids is 1. The summed E-state index contributed by atoms with van der Waals surface area (Å²) in [6, 6.07) is 3.29. The first-order valence-electron chi connectivity index (χ1n) is 7.78. The van der Waals surface area contributed by atoms with E-state index in [2.05, 4.69) is 11.8 Å². The van der Waals surface area contributed by atoms with E-state index in [1.807, 2.05) is 11.9 Å². The van der Waals surface area contributed by atoms with Gasteiger partial charge in [-0.1, -0.05) is 6.92 Å². The van der Waals surface area contributed by atoms with Gasteiger partial charge in [0.2, 0.25) is 10.0 Å². The van der Waals surface area contributed by atoms with Crippen LogP contribution in [0.3, 0.4) is 0 Å². The Morgan fingerprint density at radius 1 is 1.30 bits per heavy atom. The summed E-state index contributed by atoms with van der Waals surface area (Å²) in [5, 5.41) is 5.29. The van der Waals surface area contributed by atoms with Crippen molar-refractivity contribution in [1.29, 1.82) is 0 Å². The highest BCUT2D eigenvalue weighted by Gasteiger charge is 2.29. The first-order valence-corrected chi connectivity index (χ1v) is 9.33. The fraction of sp³-hybridized carbons (Fsp3) is 0.562. The lowest BCUT2D eigenvalue weighted by molar-refractivity contribution is 0.0493. The van der Waals surface area contributed by atoms with Crippen molar-refractivity contribution in [3.63, 3.8) is 0 Å². The number of nitrogens with zero attached hydrogens (tertiary/aromatic N) is 2. The largest absolute Gasteiger partial charge is 0.333 e. The summed E-state index contributed by atoms with van der Waals surface area (Å²) in [6.45, 7) is 7.84. The average molecular weight is 339 g/mol. The van der Waals surface area contributed by atoms with Crippen molar-refractivity contribution in [2.45, 2.75) is 38.1 Å². The molecule has 0 aromatic heterocycles. The van der Waals surface area contributed by atoms with Crippen LogP contribution in [0.2, 0.25) is 0 Å². The van der Waals surface area contributed by atoms with E-state index < -0.39 is 10.0 Å². The predicted molar refractivity (Wildman–Crippen MR) is 89.9 cm³/mol. The van der Waals surface area contributed by atoms with E-state index in [1.165, 1.54) is 6.07 Å².